The molecule has 0 aliphatic carbocycles. The molecule has 3 aromatic rings. The van der Waals surface area contributed by atoms with Crippen LogP contribution < -0.4 is 4.74 Å². The number of nitrogens with zero attached hydrogens (tertiary/aromatic N) is 3. The van der Waals surface area contributed by atoms with Gasteiger partial charge >= 0.3 is 0 Å². The molecule has 0 saturated heterocycles. The summed E-state index contributed by atoms with van der Waals surface area (Å²) in [5.74, 6) is 0.328. The number of fused-ring (bicyclic) bond motifs is 1. The van der Waals surface area contributed by atoms with Crippen molar-refractivity contribution in [1.29, 1.82) is 0 Å². The minimum absolute atomic E-state index is 0.0623. The van der Waals surface area contributed by atoms with E-state index in [2.05, 4.69) is 11.2 Å². The van der Waals surface area contributed by atoms with Gasteiger partial charge in [-0.05, 0) is 35.7 Å². The lowest BCUT2D eigenvalue weighted by atomic mass is 9.87. The number of sulfonamides is 1. The van der Waals surface area contributed by atoms with Gasteiger partial charge in [0.2, 0.25) is 10.0 Å². The van der Waals surface area contributed by atoms with Gasteiger partial charge in [0.05, 0.1) is 12.8 Å². The van der Waals surface area contributed by atoms with Crippen molar-refractivity contribution in [2.45, 2.75) is 24.3 Å². The number of aryl methyl sites for hydroxylation is 1. The summed E-state index contributed by atoms with van der Waals surface area (Å²) in [6, 6.07) is 14.8. The van der Waals surface area contributed by atoms with Crippen LogP contribution >= 0.6 is 0 Å². The predicted molar refractivity (Wildman–Crippen MR) is 107 cm³/mol. The van der Waals surface area contributed by atoms with E-state index in [-0.39, 0.29) is 10.8 Å². The Balaban J connectivity index is 1.77. The van der Waals surface area contributed by atoms with E-state index in [0.717, 1.165) is 16.7 Å². The van der Waals surface area contributed by atoms with E-state index in [0.29, 0.717) is 25.4 Å². The van der Waals surface area contributed by atoms with Crippen LogP contribution in [-0.4, -0.2) is 35.7 Å². The fraction of sp³-hybridized carbons (Fsp3) is 0.286. The Morgan fingerprint density at radius 3 is 2.64 bits per heavy atom. The highest BCUT2D eigenvalue weighted by Gasteiger charge is 2.35. The van der Waals surface area contributed by atoms with E-state index >= 15 is 0 Å². The number of hydrogen-bond donors (Lipinski definition) is 0. The predicted octanol–water partition coefficient (Wildman–Crippen LogP) is 3.16. The summed E-state index contributed by atoms with van der Waals surface area (Å²) in [5, 5.41) is 4.28. The number of aromatic nitrogens is 2. The molecule has 1 aliphatic heterocycles. The molecular formula is C21H23N3O3S. The molecule has 1 unspecified atom stereocenters. The summed E-state index contributed by atoms with van der Waals surface area (Å²) in [5.41, 5.74) is 3.17. The largest absolute Gasteiger partial charge is 0.492 e. The van der Waals surface area contributed by atoms with E-state index < -0.39 is 10.0 Å². The molecule has 1 aliphatic rings. The number of para-hydroxylation sites is 1. The van der Waals surface area contributed by atoms with Crippen LogP contribution in [-0.2, 0) is 23.6 Å². The van der Waals surface area contributed by atoms with Gasteiger partial charge in [-0.3, -0.25) is 4.68 Å². The van der Waals surface area contributed by atoms with E-state index in [1.807, 2.05) is 44.6 Å². The van der Waals surface area contributed by atoms with Crippen LogP contribution in [0.2, 0.25) is 0 Å². The maximum atomic E-state index is 13.5. The van der Waals surface area contributed by atoms with Crippen LogP contribution in [0.15, 0.2) is 65.8 Å². The molecule has 0 spiro atoms. The van der Waals surface area contributed by atoms with Crippen LogP contribution in [0.3, 0.4) is 0 Å². The molecule has 0 bridgehead atoms. The van der Waals surface area contributed by atoms with Crippen molar-refractivity contribution in [3.8, 4) is 5.75 Å². The molecule has 2 heterocycles. The van der Waals surface area contributed by atoms with Gasteiger partial charge in [0.25, 0.3) is 0 Å². The summed E-state index contributed by atoms with van der Waals surface area (Å²) in [7, 11) is -1.84. The molecule has 0 radical (unpaired) electrons. The molecule has 0 amide bonds. The zero-order valence-corrected chi connectivity index (χ0v) is 16.8. The van der Waals surface area contributed by atoms with Gasteiger partial charge in [0.1, 0.15) is 10.6 Å². The minimum Gasteiger partial charge on any atom is -0.492 e. The van der Waals surface area contributed by atoms with Crippen molar-refractivity contribution in [1.82, 2.24) is 14.1 Å². The molecule has 0 fully saturated rings. The third-order valence-corrected chi connectivity index (χ3v) is 6.91. The van der Waals surface area contributed by atoms with Gasteiger partial charge in [0, 0.05) is 32.3 Å². The average molecular weight is 398 g/mol. The molecule has 1 atom stereocenters. The quantitative estimate of drug-likeness (QED) is 0.663. The van der Waals surface area contributed by atoms with Crippen LogP contribution in [0.25, 0.3) is 0 Å². The smallest absolute Gasteiger partial charge is 0.247 e. The Kier molecular flexibility index (Phi) is 4.95. The maximum Gasteiger partial charge on any atom is 0.247 e. The summed E-state index contributed by atoms with van der Waals surface area (Å²) in [6.07, 6.45) is 3.76. The molecule has 4 rings (SSSR count). The lowest BCUT2D eigenvalue weighted by Crippen LogP contribution is -2.38. The van der Waals surface area contributed by atoms with Gasteiger partial charge in [-0.15, -0.1) is 0 Å². The van der Waals surface area contributed by atoms with Gasteiger partial charge in [-0.1, -0.05) is 36.4 Å². The first-order valence-electron chi connectivity index (χ1n) is 9.29. The molecule has 28 heavy (non-hydrogen) atoms. The van der Waals surface area contributed by atoms with Gasteiger partial charge < -0.3 is 4.74 Å². The molecule has 6 nitrogen and oxygen atoms in total. The van der Waals surface area contributed by atoms with Crippen molar-refractivity contribution in [2.75, 3.05) is 13.2 Å². The summed E-state index contributed by atoms with van der Waals surface area (Å²) >= 11 is 0. The Bertz CT molecular complexity index is 1090. The third kappa shape index (κ3) is 3.31. The van der Waals surface area contributed by atoms with Crippen molar-refractivity contribution in [2.24, 2.45) is 7.05 Å². The highest BCUT2D eigenvalue weighted by Crippen LogP contribution is 2.37. The standard InChI is InChI=1S/C21H23N3O3S/c1-3-27-20-10-6-7-11-21(20)28(25,26)24-14-16-8-4-5-9-18(16)19(15-24)17-12-22-23(2)13-17/h4-13,19H,3,14-15H2,1-2H3. The lowest BCUT2D eigenvalue weighted by Gasteiger charge is -2.34. The molecule has 0 N–H and O–H groups in total. The van der Waals surface area contributed by atoms with Crippen molar-refractivity contribution >= 4 is 10.0 Å². The zero-order valence-electron chi connectivity index (χ0n) is 15.9. The van der Waals surface area contributed by atoms with E-state index in [4.69, 9.17) is 4.74 Å². The monoisotopic (exact) mass is 397 g/mol. The Morgan fingerprint density at radius 1 is 1.14 bits per heavy atom. The van der Waals surface area contributed by atoms with Crippen molar-refractivity contribution < 1.29 is 13.2 Å². The topological polar surface area (TPSA) is 64.4 Å². The summed E-state index contributed by atoms with van der Waals surface area (Å²) in [6.45, 7) is 2.97. The van der Waals surface area contributed by atoms with Crippen LogP contribution in [0, 0.1) is 0 Å². The van der Waals surface area contributed by atoms with Crippen LogP contribution in [0.5, 0.6) is 5.75 Å². The first-order chi connectivity index (χ1) is 13.5. The Labute approximate surface area is 165 Å². The summed E-state index contributed by atoms with van der Waals surface area (Å²) in [4.78, 5) is 0.209. The first-order valence-corrected chi connectivity index (χ1v) is 10.7. The maximum absolute atomic E-state index is 13.5. The molecule has 7 heteroatoms. The average Bonchev–Trinajstić information content (AvgIpc) is 3.14. The molecule has 0 saturated carbocycles. The fourth-order valence-electron chi connectivity index (χ4n) is 3.74. The zero-order chi connectivity index (χ0) is 19.7. The number of rotatable bonds is 5. The number of ether oxygens (including phenoxy) is 1. The van der Waals surface area contributed by atoms with Crippen molar-refractivity contribution in [3.63, 3.8) is 0 Å². The summed E-state index contributed by atoms with van der Waals surface area (Å²) < 4.78 is 35.9. The second kappa shape index (κ2) is 7.41. The number of benzene rings is 2. The minimum atomic E-state index is -3.71. The highest BCUT2D eigenvalue weighted by atomic mass is 32.2. The van der Waals surface area contributed by atoms with Crippen molar-refractivity contribution in [3.05, 3.63) is 77.6 Å². The third-order valence-electron chi connectivity index (χ3n) is 5.06. The Morgan fingerprint density at radius 2 is 1.89 bits per heavy atom. The van der Waals surface area contributed by atoms with Crippen LogP contribution in [0.4, 0.5) is 0 Å². The Hall–Kier alpha value is -2.64. The fourth-order valence-corrected chi connectivity index (χ4v) is 5.30. The first kappa shape index (κ1) is 18.7. The molecule has 1 aromatic heterocycles. The lowest BCUT2D eigenvalue weighted by molar-refractivity contribution is 0.326. The van der Waals surface area contributed by atoms with E-state index in [1.165, 1.54) is 0 Å². The second-order valence-corrected chi connectivity index (χ2v) is 8.78. The van der Waals surface area contributed by atoms with Crippen LogP contribution in [0.1, 0.15) is 29.5 Å². The molecule has 2 aromatic carbocycles. The van der Waals surface area contributed by atoms with Gasteiger partial charge in [-0.2, -0.15) is 9.40 Å². The molecular weight excluding hydrogens is 374 g/mol. The second-order valence-electron chi connectivity index (χ2n) is 6.88. The van der Waals surface area contributed by atoms with Gasteiger partial charge in [0.15, 0.2) is 0 Å². The number of hydrogen-bond acceptors (Lipinski definition) is 4. The SMILES string of the molecule is CCOc1ccccc1S(=O)(=O)N1Cc2ccccc2C(c2cnn(C)c2)C1. The van der Waals surface area contributed by atoms with E-state index in [9.17, 15) is 8.42 Å². The normalized spacial score (nSPS) is 17.3. The molecule has 146 valence electrons. The van der Waals surface area contributed by atoms with Gasteiger partial charge in [-0.25, -0.2) is 8.42 Å². The highest BCUT2D eigenvalue weighted by molar-refractivity contribution is 7.89. The van der Waals surface area contributed by atoms with E-state index in [1.54, 1.807) is 33.3 Å².